The standard InChI is InChI=1S/C27H34FN3O3/c1-20(32)30-14-12-27(13-15-30,18-21-4-8-23(28)9-5-21)26(33)31-17-16-29(2)25(19-31)22-6-10-24(34-3)11-7-22/h4-11,25H,12-19H2,1-3H3/t25-/m1/s1. The largest absolute Gasteiger partial charge is 0.497 e. The lowest BCUT2D eigenvalue weighted by Crippen LogP contribution is -2.56. The molecule has 1 atom stereocenters. The highest BCUT2D eigenvalue weighted by molar-refractivity contribution is 5.84. The lowest BCUT2D eigenvalue weighted by molar-refractivity contribution is -0.150. The second-order valence-corrected chi connectivity index (χ2v) is 9.61. The van der Waals surface area contributed by atoms with Crippen molar-refractivity contribution in [2.24, 2.45) is 5.41 Å². The van der Waals surface area contributed by atoms with Crippen LogP contribution in [-0.2, 0) is 16.0 Å². The molecule has 182 valence electrons. The van der Waals surface area contributed by atoms with Crippen LogP contribution in [0.15, 0.2) is 48.5 Å². The molecule has 2 heterocycles. The number of carbonyl (C=O) groups is 2. The average Bonchev–Trinajstić information content (AvgIpc) is 2.86. The zero-order valence-corrected chi connectivity index (χ0v) is 20.3. The van der Waals surface area contributed by atoms with E-state index in [1.807, 2.05) is 21.9 Å². The first-order valence-electron chi connectivity index (χ1n) is 11.9. The van der Waals surface area contributed by atoms with E-state index in [4.69, 9.17) is 4.74 Å². The number of likely N-dealkylation sites (N-methyl/N-ethyl adjacent to an activating group) is 1. The van der Waals surface area contributed by atoms with Crippen LogP contribution in [0.2, 0.25) is 0 Å². The average molecular weight is 468 g/mol. The fourth-order valence-electron chi connectivity index (χ4n) is 5.29. The molecule has 34 heavy (non-hydrogen) atoms. The molecule has 0 saturated carbocycles. The van der Waals surface area contributed by atoms with E-state index in [1.54, 1.807) is 26.2 Å². The summed E-state index contributed by atoms with van der Waals surface area (Å²) >= 11 is 0. The highest BCUT2D eigenvalue weighted by Gasteiger charge is 2.45. The van der Waals surface area contributed by atoms with Crippen molar-refractivity contribution >= 4 is 11.8 Å². The maximum Gasteiger partial charge on any atom is 0.229 e. The van der Waals surface area contributed by atoms with Crippen LogP contribution < -0.4 is 4.74 Å². The summed E-state index contributed by atoms with van der Waals surface area (Å²) in [4.78, 5) is 32.2. The highest BCUT2D eigenvalue weighted by atomic mass is 19.1. The third-order valence-corrected chi connectivity index (χ3v) is 7.51. The van der Waals surface area contributed by atoms with Crippen molar-refractivity contribution < 1.29 is 18.7 Å². The normalized spacial score (nSPS) is 20.8. The van der Waals surface area contributed by atoms with E-state index >= 15 is 0 Å². The number of piperazine rings is 1. The number of piperidine rings is 1. The van der Waals surface area contributed by atoms with Crippen LogP contribution in [0.1, 0.15) is 36.9 Å². The van der Waals surface area contributed by atoms with Crippen LogP contribution in [0.3, 0.4) is 0 Å². The van der Waals surface area contributed by atoms with Gasteiger partial charge >= 0.3 is 0 Å². The lowest BCUT2D eigenvalue weighted by Gasteiger charge is -2.47. The van der Waals surface area contributed by atoms with Gasteiger partial charge in [0.15, 0.2) is 0 Å². The topological polar surface area (TPSA) is 53.1 Å². The van der Waals surface area contributed by atoms with Crippen molar-refractivity contribution in [2.45, 2.75) is 32.2 Å². The molecule has 2 amide bonds. The van der Waals surface area contributed by atoms with Gasteiger partial charge in [0.25, 0.3) is 0 Å². The smallest absolute Gasteiger partial charge is 0.229 e. The Kier molecular flexibility index (Phi) is 7.22. The summed E-state index contributed by atoms with van der Waals surface area (Å²) in [5.41, 5.74) is 1.51. The van der Waals surface area contributed by atoms with E-state index in [1.165, 1.54) is 12.1 Å². The zero-order valence-electron chi connectivity index (χ0n) is 20.3. The fourth-order valence-corrected chi connectivity index (χ4v) is 5.29. The Labute approximate surface area is 201 Å². The van der Waals surface area contributed by atoms with Crippen molar-refractivity contribution in [3.05, 3.63) is 65.5 Å². The molecular weight excluding hydrogens is 433 g/mol. The van der Waals surface area contributed by atoms with Gasteiger partial charge in [-0.25, -0.2) is 4.39 Å². The summed E-state index contributed by atoms with van der Waals surface area (Å²) < 4.78 is 18.8. The van der Waals surface area contributed by atoms with Gasteiger partial charge in [-0.05, 0) is 61.7 Å². The molecule has 2 fully saturated rings. The molecular formula is C27H34FN3O3. The number of benzene rings is 2. The molecule has 2 aliphatic heterocycles. The van der Waals surface area contributed by atoms with E-state index in [-0.39, 0.29) is 23.7 Å². The fraction of sp³-hybridized carbons (Fsp3) is 0.481. The summed E-state index contributed by atoms with van der Waals surface area (Å²) in [6, 6.07) is 14.6. The summed E-state index contributed by atoms with van der Waals surface area (Å²) in [7, 11) is 3.75. The van der Waals surface area contributed by atoms with Crippen LogP contribution >= 0.6 is 0 Å². The second-order valence-electron chi connectivity index (χ2n) is 9.61. The summed E-state index contributed by atoms with van der Waals surface area (Å²) in [6.07, 6.45) is 1.78. The minimum Gasteiger partial charge on any atom is -0.497 e. The number of ether oxygens (including phenoxy) is 1. The second kappa shape index (κ2) is 10.1. The number of nitrogens with zero attached hydrogens (tertiary/aromatic N) is 3. The van der Waals surface area contributed by atoms with Crippen LogP contribution in [0.5, 0.6) is 5.75 Å². The molecule has 0 bridgehead atoms. The van der Waals surface area contributed by atoms with Crippen molar-refractivity contribution in [1.29, 1.82) is 0 Å². The van der Waals surface area contributed by atoms with Crippen LogP contribution in [0, 0.1) is 11.2 Å². The number of amides is 2. The zero-order chi connectivity index (χ0) is 24.3. The summed E-state index contributed by atoms with van der Waals surface area (Å²) in [5.74, 6) is 0.719. The third-order valence-electron chi connectivity index (χ3n) is 7.51. The molecule has 2 aromatic rings. The maximum atomic E-state index is 14.1. The van der Waals surface area contributed by atoms with Gasteiger partial charge in [-0.2, -0.15) is 0 Å². The Morgan fingerprint density at radius 1 is 0.971 bits per heavy atom. The quantitative estimate of drug-likeness (QED) is 0.675. The SMILES string of the molecule is COc1ccc([C@H]2CN(C(=O)C3(Cc4ccc(F)cc4)CCN(C(C)=O)CC3)CCN2C)cc1. The predicted octanol–water partition coefficient (Wildman–Crippen LogP) is 3.52. The van der Waals surface area contributed by atoms with Crippen molar-refractivity contribution in [3.63, 3.8) is 0 Å². The monoisotopic (exact) mass is 467 g/mol. The number of halogens is 1. The van der Waals surface area contributed by atoms with Gasteiger partial charge in [0.05, 0.1) is 18.6 Å². The molecule has 0 aromatic heterocycles. The summed E-state index contributed by atoms with van der Waals surface area (Å²) in [6.45, 7) is 4.78. The van der Waals surface area contributed by atoms with Crippen LogP contribution in [0.25, 0.3) is 0 Å². The Hall–Kier alpha value is -2.93. The molecule has 7 heteroatoms. The van der Waals surface area contributed by atoms with Crippen molar-refractivity contribution in [2.75, 3.05) is 46.9 Å². The molecule has 6 nitrogen and oxygen atoms in total. The van der Waals surface area contributed by atoms with E-state index in [9.17, 15) is 14.0 Å². The van der Waals surface area contributed by atoms with Gasteiger partial charge in [0.2, 0.25) is 11.8 Å². The summed E-state index contributed by atoms with van der Waals surface area (Å²) in [5, 5.41) is 0. The van der Waals surface area contributed by atoms with Gasteiger partial charge in [0, 0.05) is 39.6 Å². The van der Waals surface area contributed by atoms with E-state index in [0.717, 1.165) is 23.4 Å². The van der Waals surface area contributed by atoms with Gasteiger partial charge in [-0.1, -0.05) is 24.3 Å². The molecule has 0 radical (unpaired) electrons. The molecule has 0 spiro atoms. The van der Waals surface area contributed by atoms with Crippen LogP contribution in [0.4, 0.5) is 4.39 Å². The van der Waals surface area contributed by atoms with Gasteiger partial charge in [0.1, 0.15) is 11.6 Å². The lowest BCUT2D eigenvalue weighted by atomic mass is 9.72. The van der Waals surface area contributed by atoms with Gasteiger partial charge in [-0.15, -0.1) is 0 Å². The minimum atomic E-state index is -0.593. The Morgan fingerprint density at radius 2 is 1.62 bits per heavy atom. The Bertz CT molecular complexity index is 1000. The van der Waals surface area contributed by atoms with E-state index in [0.29, 0.717) is 45.4 Å². The Balaban J connectivity index is 1.57. The first kappa shape index (κ1) is 24.2. The van der Waals surface area contributed by atoms with Gasteiger partial charge < -0.3 is 14.5 Å². The number of methoxy groups -OCH3 is 1. The van der Waals surface area contributed by atoms with E-state index in [2.05, 4.69) is 24.1 Å². The van der Waals surface area contributed by atoms with Crippen molar-refractivity contribution in [1.82, 2.24) is 14.7 Å². The molecule has 2 saturated heterocycles. The molecule has 0 aliphatic carbocycles. The third kappa shape index (κ3) is 5.09. The van der Waals surface area contributed by atoms with Gasteiger partial charge in [-0.3, -0.25) is 14.5 Å². The Morgan fingerprint density at radius 3 is 2.21 bits per heavy atom. The first-order valence-corrected chi connectivity index (χ1v) is 11.9. The number of hydrogen-bond acceptors (Lipinski definition) is 4. The molecule has 2 aromatic carbocycles. The van der Waals surface area contributed by atoms with Crippen molar-refractivity contribution in [3.8, 4) is 5.75 Å². The predicted molar refractivity (Wildman–Crippen MR) is 129 cm³/mol. The number of likely N-dealkylation sites (tertiary alicyclic amines) is 1. The molecule has 4 rings (SSSR count). The highest BCUT2D eigenvalue weighted by Crippen LogP contribution is 2.39. The minimum absolute atomic E-state index is 0.0435. The molecule has 0 N–H and O–H groups in total. The first-order chi connectivity index (χ1) is 16.3. The maximum absolute atomic E-state index is 14.1. The molecule has 2 aliphatic rings. The van der Waals surface area contributed by atoms with E-state index < -0.39 is 5.41 Å². The molecule has 0 unspecified atom stereocenters. The van der Waals surface area contributed by atoms with Crippen LogP contribution in [-0.4, -0.2) is 73.4 Å². The number of rotatable bonds is 5. The number of carbonyl (C=O) groups excluding carboxylic acids is 2. The number of hydrogen-bond donors (Lipinski definition) is 0.